The fraction of sp³-hybridized carbons (Fsp3) is 0.818. The summed E-state index contributed by atoms with van der Waals surface area (Å²) in [4.78, 5) is 38.0. The van der Waals surface area contributed by atoms with Gasteiger partial charge in [0.15, 0.2) is 6.10 Å². The first-order valence-corrected chi connectivity index (χ1v) is 33.5. The lowest BCUT2D eigenvalue weighted by molar-refractivity contribution is -0.870. The Hall–Kier alpha value is -2.29. The molecule has 0 fully saturated rings. The molecule has 0 aliphatic carbocycles. The van der Waals surface area contributed by atoms with Crippen LogP contribution in [0.5, 0.6) is 0 Å². The molecule has 0 saturated heterocycles. The molecule has 10 heteroatoms. The third kappa shape index (κ3) is 60.9. The van der Waals surface area contributed by atoms with Crippen molar-refractivity contribution in [3.8, 4) is 0 Å². The van der Waals surface area contributed by atoms with E-state index in [0.29, 0.717) is 17.4 Å². The fourth-order valence-electron chi connectivity index (χ4n) is 9.16. The number of phosphoric acid groups is 1. The predicted octanol–water partition coefficient (Wildman–Crippen LogP) is 19.6. The average molecular weight is 1090 g/mol. The van der Waals surface area contributed by atoms with E-state index >= 15 is 0 Å². The number of rotatable bonds is 59. The van der Waals surface area contributed by atoms with Gasteiger partial charge in [-0.25, -0.2) is 0 Å². The van der Waals surface area contributed by atoms with E-state index < -0.39 is 26.5 Å². The summed E-state index contributed by atoms with van der Waals surface area (Å²) < 4.78 is 34.2. The summed E-state index contributed by atoms with van der Waals surface area (Å²) in [5.74, 6) is -0.829. The van der Waals surface area contributed by atoms with Gasteiger partial charge in [-0.2, -0.15) is 0 Å². The monoisotopic (exact) mass is 1090 g/mol. The van der Waals surface area contributed by atoms with Crippen molar-refractivity contribution in [3.63, 3.8) is 0 Å². The molecule has 0 rings (SSSR count). The number of allylic oxidation sites excluding steroid dienone is 10. The van der Waals surface area contributed by atoms with Gasteiger partial charge in [0.2, 0.25) is 0 Å². The molecule has 0 spiro atoms. The van der Waals surface area contributed by atoms with E-state index in [1.807, 2.05) is 21.1 Å². The summed E-state index contributed by atoms with van der Waals surface area (Å²) in [5, 5.41) is 0. The highest BCUT2D eigenvalue weighted by Crippen LogP contribution is 2.38. The highest BCUT2D eigenvalue weighted by atomic mass is 31.2. The van der Waals surface area contributed by atoms with Gasteiger partial charge in [-0.05, 0) is 57.8 Å². The van der Waals surface area contributed by atoms with Crippen molar-refractivity contribution in [2.24, 2.45) is 0 Å². The molecule has 0 bridgehead atoms. The zero-order chi connectivity index (χ0) is 55.6. The maximum Gasteiger partial charge on any atom is 0.306 e. The van der Waals surface area contributed by atoms with Crippen LogP contribution >= 0.6 is 7.82 Å². The zero-order valence-corrected chi connectivity index (χ0v) is 51.3. The van der Waals surface area contributed by atoms with Crippen LogP contribution in [0, 0.1) is 0 Å². The minimum Gasteiger partial charge on any atom is -0.756 e. The minimum atomic E-state index is -4.64. The van der Waals surface area contributed by atoms with Crippen LogP contribution in [-0.2, 0) is 32.7 Å². The predicted molar refractivity (Wildman–Crippen MR) is 323 cm³/mol. The van der Waals surface area contributed by atoms with Crippen molar-refractivity contribution < 1.29 is 42.1 Å². The van der Waals surface area contributed by atoms with E-state index in [2.05, 4.69) is 74.6 Å². The lowest BCUT2D eigenvalue weighted by Crippen LogP contribution is -2.37. The molecule has 0 aromatic heterocycles. The van der Waals surface area contributed by atoms with E-state index in [9.17, 15) is 19.0 Å². The number of carbonyl (C=O) groups excluding carboxylic acids is 2. The maximum absolute atomic E-state index is 12.8. The molecular weight excluding hydrogens is 966 g/mol. The SMILES string of the molecule is CC/C=C\C/C=C\C/C=C\C/C=C\C/C=C\CCCCCCCCCCCC(=O)OC(COC(=O)CCCCCCCCCCCCCCCCCCCCCCCCCCCCC)COP(=O)([O-])OCC[N+](C)(C)C. The van der Waals surface area contributed by atoms with Crippen LogP contribution in [0.25, 0.3) is 0 Å². The Kier molecular flexibility index (Phi) is 55.7. The number of hydrogen-bond acceptors (Lipinski definition) is 8. The molecule has 76 heavy (non-hydrogen) atoms. The molecule has 0 aliphatic heterocycles. The maximum atomic E-state index is 12.8. The lowest BCUT2D eigenvalue weighted by atomic mass is 10.0. The third-order valence-corrected chi connectivity index (χ3v) is 15.0. The quantitative estimate of drug-likeness (QED) is 0.0195. The summed E-state index contributed by atoms with van der Waals surface area (Å²) >= 11 is 0. The van der Waals surface area contributed by atoms with E-state index in [0.717, 1.165) is 77.0 Å². The Morgan fingerprint density at radius 3 is 1.12 bits per heavy atom. The average Bonchev–Trinajstić information content (AvgIpc) is 3.38. The fourth-order valence-corrected chi connectivity index (χ4v) is 9.89. The molecule has 444 valence electrons. The van der Waals surface area contributed by atoms with Gasteiger partial charge in [-0.1, -0.05) is 286 Å². The lowest BCUT2D eigenvalue weighted by Gasteiger charge is -2.28. The second-order valence-electron chi connectivity index (χ2n) is 22.8. The second kappa shape index (κ2) is 57.4. The molecule has 0 aromatic carbocycles. The number of unbranched alkanes of at least 4 members (excludes halogenated alkanes) is 35. The van der Waals surface area contributed by atoms with Gasteiger partial charge in [0.1, 0.15) is 19.8 Å². The smallest absolute Gasteiger partial charge is 0.306 e. The molecule has 0 aliphatic rings. The third-order valence-electron chi connectivity index (χ3n) is 14.1. The number of carbonyl (C=O) groups is 2. The van der Waals surface area contributed by atoms with E-state index in [4.69, 9.17) is 18.5 Å². The van der Waals surface area contributed by atoms with Crippen LogP contribution in [0.4, 0.5) is 0 Å². The van der Waals surface area contributed by atoms with Gasteiger partial charge < -0.3 is 27.9 Å². The first kappa shape index (κ1) is 73.7. The Bertz CT molecular complexity index is 1470. The Balaban J connectivity index is 4.09. The zero-order valence-electron chi connectivity index (χ0n) is 50.5. The van der Waals surface area contributed by atoms with Crippen LogP contribution < -0.4 is 4.89 Å². The summed E-state index contributed by atoms with van der Waals surface area (Å²) in [5.41, 5.74) is 0. The minimum absolute atomic E-state index is 0.0326. The highest BCUT2D eigenvalue weighted by molar-refractivity contribution is 7.45. The van der Waals surface area contributed by atoms with E-state index in [1.165, 1.54) is 186 Å². The van der Waals surface area contributed by atoms with Gasteiger partial charge in [0.05, 0.1) is 27.7 Å². The summed E-state index contributed by atoms with van der Waals surface area (Å²) in [7, 11) is 1.17. The molecule has 0 amide bonds. The van der Waals surface area contributed by atoms with Gasteiger partial charge in [0, 0.05) is 12.8 Å². The van der Waals surface area contributed by atoms with Crippen LogP contribution in [0.3, 0.4) is 0 Å². The highest BCUT2D eigenvalue weighted by Gasteiger charge is 2.22. The van der Waals surface area contributed by atoms with Crippen molar-refractivity contribution in [2.45, 2.75) is 302 Å². The van der Waals surface area contributed by atoms with Crippen molar-refractivity contribution >= 4 is 19.8 Å². The van der Waals surface area contributed by atoms with Crippen molar-refractivity contribution in [2.75, 3.05) is 47.5 Å². The second-order valence-corrected chi connectivity index (χ2v) is 24.2. The number of nitrogens with zero attached hydrogens (tertiary/aromatic N) is 1. The number of phosphoric ester groups is 1. The van der Waals surface area contributed by atoms with Crippen LogP contribution in [0.15, 0.2) is 60.8 Å². The van der Waals surface area contributed by atoms with Gasteiger partial charge >= 0.3 is 11.9 Å². The molecule has 0 saturated carbocycles. The Labute approximate surface area is 470 Å². The molecule has 0 N–H and O–H groups in total. The van der Waals surface area contributed by atoms with Gasteiger partial charge in [-0.3, -0.25) is 14.2 Å². The van der Waals surface area contributed by atoms with Crippen molar-refractivity contribution in [1.82, 2.24) is 0 Å². The first-order valence-electron chi connectivity index (χ1n) is 32.0. The molecule has 0 heterocycles. The number of likely N-dealkylation sites (N-methyl/N-ethyl adjacent to an activating group) is 1. The molecule has 0 aromatic rings. The van der Waals surface area contributed by atoms with E-state index in [-0.39, 0.29) is 32.0 Å². The topological polar surface area (TPSA) is 111 Å². The summed E-state index contributed by atoms with van der Waals surface area (Å²) in [6.07, 6.45) is 74.2. The number of esters is 2. The number of quaternary nitrogens is 1. The van der Waals surface area contributed by atoms with Gasteiger partial charge in [0.25, 0.3) is 7.82 Å². The first-order chi connectivity index (χ1) is 37.0. The largest absolute Gasteiger partial charge is 0.756 e. The number of ether oxygens (including phenoxy) is 2. The van der Waals surface area contributed by atoms with Crippen molar-refractivity contribution in [1.29, 1.82) is 0 Å². The van der Waals surface area contributed by atoms with Crippen LogP contribution in [0.2, 0.25) is 0 Å². The van der Waals surface area contributed by atoms with Crippen molar-refractivity contribution in [3.05, 3.63) is 60.8 Å². The van der Waals surface area contributed by atoms with E-state index in [1.54, 1.807) is 0 Å². The van der Waals surface area contributed by atoms with Crippen LogP contribution in [-0.4, -0.2) is 70.0 Å². The molecule has 2 atom stereocenters. The Morgan fingerprint density at radius 2 is 0.750 bits per heavy atom. The molecule has 9 nitrogen and oxygen atoms in total. The summed E-state index contributed by atoms with van der Waals surface area (Å²) in [6, 6.07) is 0. The summed E-state index contributed by atoms with van der Waals surface area (Å²) in [6.45, 7) is 4.16. The van der Waals surface area contributed by atoms with Gasteiger partial charge in [-0.15, -0.1) is 0 Å². The molecule has 2 unspecified atom stereocenters. The molecule has 0 radical (unpaired) electrons. The Morgan fingerprint density at radius 1 is 0.421 bits per heavy atom. The van der Waals surface area contributed by atoms with Crippen LogP contribution in [0.1, 0.15) is 296 Å². The standard InChI is InChI=1S/C66H122NO8P/c1-6-8-10-12-14-16-18-20-22-24-26-28-30-32-33-35-36-38-40-42-44-46-48-50-52-54-56-58-65(68)72-62-64(63-74-76(70,71)73-61-60-67(3,4)5)75-66(69)59-57-55-53-51-49-47-45-43-41-39-37-34-31-29-27-25-23-21-19-17-15-13-11-9-7-2/h9,11,15,17,21,23,27,29,34,37,64H,6-8,10,12-14,16,18-20,22,24-26,28,30-33,35-36,38-63H2,1-5H3/b11-9-,17-15-,23-21-,29-27-,37-34-. The normalized spacial score (nSPS) is 13.6. The molecular formula is C66H122NO8P. The number of hydrogen-bond donors (Lipinski definition) is 0.